The molecule has 0 radical (unpaired) electrons. The van der Waals surface area contributed by atoms with Gasteiger partial charge >= 0.3 is 6.03 Å². The van der Waals surface area contributed by atoms with Crippen molar-refractivity contribution < 1.29 is 35.5 Å². The van der Waals surface area contributed by atoms with E-state index in [0.29, 0.717) is 70.8 Å². The minimum atomic E-state index is -3.68. The Labute approximate surface area is 245 Å². The normalized spacial score (nSPS) is 20.1. The molecule has 0 saturated carbocycles. The molecule has 16 heteroatoms. The Morgan fingerprint density at radius 3 is 1.98 bits per heavy atom. The van der Waals surface area contributed by atoms with Crippen molar-refractivity contribution in [3.05, 3.63) is 54.3 Å². The van der Waals surface area contributed by atoms with Crippen molar-refractivity contribution in [2.45, 2.75) is 37.5 Å². The quantitative estimate of drug-likeness (QED) is 0.451. The van der Waals surface area contributed by atoms with E-state index in [4.69, 9.17) is 19.8 Å². The second-order valence-electron chi connectivity index (χ2n) is 10.4. The number of carbonyl (C=O) groups excluding carboxylic acids is 1. The Bertz CT molecular complexity index is 1440. The van der Waals surface area contributed by atoms with Gasteiger partial charge in [0.2, 0.25) is 0 Å². The molecular weight excluding hydrogens is 591 g/mol. The number of piperidine rings is 2. The van der Waals surface area contributed by atoms with E-state index in [1.54, 1.807) is 30.1 Å². The van der Waals surface area contributed by atoms with Crippen molar-refractivity contribution in [2.75, 3.05) is 51.8 Å². The van der Waals surface area contributed by atoms with Gasteiger partial charge in [-0.2, -0.15) is 25.4 Å². The van der Waals surface area contributed by atoms with Crippen LogP contribution in [0, 0.1) is 5.82 Å². The van der Waals surface area contributed by atoms with E-state index in [-0.39, 0.29) is 17.9 Å². The molecule has 3 aliphatic rings. The number of nitrogens with zero attached hydrogens (tertiary/aromatic N) is 3. The van der Waals surface area contributed by atoms with Gasteiger partial charge in [0.1, 0.15) is 5.82 Å². The van der Waals surface area contributed by atoms with Gasteiger partial charge < -0.3 is 19.7 Å². The number of nitrogens with two attached hydrogens (primary N) is 2. The Balaban J connectivity index is 0.000000241. The van der Waals surface area contributed by atoms with Crippen molar-refractivity contribution in [2.24, 2.45) is 10.3 Å². The van der Waals surface area contributed by atoms with Gasteiger partial charge in [0.25, 0.3) is 20.4 Å². The summed E-state index contributed by atoms with van der Waals surface area (Å²) in [6, 6.07) is 13.1. The molecule has 13 nitrogen and oxygen atoms in total. The maximum absolute atomic E-state index is 13.4. The van der Waals surface area contributed by atoms with Crippen molar-refractivity contribution in [1.29, 1.82) is 0 Å². The molecule has 3 heterocycles. The number of amides is 2. The van der Waals surface area contributed by atoms with Gasteiger partial charge in [-0.1, -0.05) is 24.3 Å². The maximum atomic E-state index is 13.4. The number of urea groups is 1. The van der Waals surface area contributed by atoms with Crippen LogP contribution in [-0.4, -0.2) is 94.6 Å². The molecule has 0 unspecified atom stereocenters. The third kappa shape index (κ3) is 8.44. The zero-order valence-electron chi connectivity index (χ0n) is 23.3. The smallest absolute Gasteiger partial charge is 0.321 e. The highest BCUT2D eigenvalue weighted by molar-refractivity contribution is 7.87. The van der Waals surface area contributed by atoms with E-state index in [1.807, 2.05) is 18.2 Å². The Kier molecular flexibility index (Phi) is 10.2. The van der Waals surface area contributed by atoms with Gasteiger partial charge in [0.05, 0.1) is 13.2 Å². The van der Waals surface area contributed by atoms with Crippen LogP contribution in [0.2, 0.25) is 0 Å². The van der Waals surface area contributed by atoms with E-state index in [9.17, 15) is 26.0 Å². The van der Waals surface area contributed by atoms with Crippen molar-refractivity contribution in [1.82, 2.24) is 13.5 Å². The van der Waals surface area contributed by atoms with Gasteiger partial charge in [-0.25, -0.2) is 19.5 Å². The monoisotopic (exact) mass is 628 g/mol. The molecule has 0 aliphatic carbocycles. The van der Waals surface area contributed by atoms with Crippen molar-refractivity contribution >= 4 is 32.1 Å². The molecule has 1 spiro atoms. The second kappa shape index (κ2) is 13.3. The van der Waals surface area contributed by atoms with Crippen molar-refractivity contribution in [3.63, 3.8) is 0 Å². The highest BCUT2D eigenvalue weighted by Crippen LogP contribution is 2.31. The van der Waals surface area contributed by atoms with Gasteiger partial charge in [-0.05, 0) is 48.2 Å². The van der Waals surface area contributed by atoms with Gasteiger partial charge in [0, 0.05) is 57.8 Å². The first-order valence-corrected chi connectivity index (χ1v) is 16.5. The molecule has 232 valence electrons. The van der Waals surface area contributed by atoms with Gasteiger partial charge in [0.15, 0.2) is 5.79 Å². The van der Waals surface area contributed by atoms with Gasteiger partial charge in [-0.15, -0.1) is 0 Å². The van der Waals surface area contributed by atoms with Crippen LogP contribution in [-0.2, 0) is 29.9 Å². The fourth-order valence-corrected chi connectivity index (χ4v) is 6.55. The van der Waals surface area contributed by atoms with Crippen LogP contribution < -0.4 is 15.6 Å². The first-order chi connectivity index (χ1) is 19.8. The molecule has 5 N–H and O–H groups in total. The number of rotatable bonds is 5. The first-order valence-electron chi connectivity index (χ1n) is 13.5. The zero-order chi connectivity index (χ0) is 30.5. The summed E-state index contributed by atoms with van der Waals surface area (Å²) in [5, 5.41) is 13.0. The van der Waals surface area contributed by atoms with E-state index >= 15 is 0 Å². The van der Waals surface area contributed by atoms with Gasteiger partial charge in [-0.3, -0.25) is 0 Å². The van der Waals surface area contributed by atoms with Crippen LogP contribution in [0.25, 0.3) is 11.1 Å². The highest BCUT2D eigenvalue weighted by atomic mass is 32.2. The maximum Gasteiger partial charge on any atom is 0.321 e. The molecule has 0 aromatic heterocycles. The minimum absolute atomic E-state index is 0.0652. The van der Waals surface area contributed by atoms with Crippen LogP contribution in [0.4, 0.5) is 14.9 Å². The van der Waals surface area contributed by atoms with Crippen LogP contribution in [0.15, 0.2) is 48.5 Å². The molecule has 2 aromatic carbocycles. The first kappa shape index (κ1) is 32.2. The molecule has 2 amide bonds. The fourth-order valence-electron chi connectivity index (χ4n) is 5.14. The summed E-state index contributed by atoms with van der Waals surface area (Å²) < 4.78 is 71.5. The third-order valence-corrected chi connectivity index (χ3v) is 9.77. The molecule has 42 heavy (non-hydrogen) atoms. The Morgan fingerprint density at radius 2 is 1.45 bits per heavy atom. The summed E-state index contributed by atoms with van der Waals surface area (Å²) in [4.78, 5) is 14.1. The number of hydrogen-bond donors (Lipinski definition) is 3. The second-order valence-corrected chi connectivity index (χ2v) is 13.4. The SMILES string of the molecule is CN(C(=O)Nc1ccc(-c2cccc(F)c2)cc1)C1CCN(S(N)(=O)=O)CC1.NS(=O)(=O)N1CCC2(CC1)OCCO2. The number of ether oxygens (including phenoxy) is 2. The predicted octanol–water partition coefficient (Wildman–Crippen LogP) is 1.65. The summed E-state index contributed by atoms with van der Waals surface area (Å²) in [7, 11) is -5.54. The lowest BCUT2D eigenvalue weighted by molar-refractivity contribution is -0.179. The minimum Gasteiger partial charge on any atom is -0.347 e. The summed E-state index contributed by atoms with van der Waals surface area (Å²) in [6.45, 7) is 2.52. The van der Waals surface area contributed by atoms with Crippen LogP contribution in [0.3, 0.4) is 0 Å². The lowest BCUT2D eigenvalue weighted by Crippen LogP contribution is -2.49. The van der Waals surface area contributed by atoms with Crippen molar-refractivity contribution in [3.8, 4) is 11.1 Å². The average molecular weight is 629 g/mol. The standard InChI is InChI=1S/C19H23FN4O3S.C7H14N2O4S/c1-23(18-9-11-24(12-10-18)28(21,26)27)19(25)22-17-7-5-14(6-8-17)15-3-2-4-16(20)13-15;8-14(10,11)9-3-1-7(2-4-9)12-5-6-13-7/h2-8,13,18H,9-12H2,1H3,(H,22,25)(H2,21,26,27);1-6H2,(H2,8,10,11). The zero-order valence-corrected chi connectivity index (χ0v) is 24.9. The molecule has 3 saturated heterocycles. The molecular formula is C26H37FN6O7S2. The third-order valence-electron chi connectivity index (χ3n) is 7.60. The predicted molar refractivity (Wildman–Crippen MR) is 155 cm³/mol. The number of anilines is 1. The lowest BCUT2D eigenvalue weighted by atomic mass is 10.1. The average Bonchev–Trinajstić information content (AvgIpc) is 3.40. The molecule has 0 bridgehead atoms. The largest absolute Gasteiger partial charge is 0.347 e. The van der Waals surface area contributed by atoms with Crippen LogP contribution in [0.5, 0.6) is 0 Å². The molecule has 2 aromatic rings. The Morgan fingerprint density at radius 1 is 0.905 bits per heavy atom. The number of carbonyl (C=O) groups is 1. The summed E-state index contributed by atoms with van der Waals surface area (Å²) in [6.07, 6.45) is 2.17. The van der Waals surface area contributed by atoms with E-state index < -0.39 is 26.2 Å². The Hall–Kier alpha value is -2.70. The highest BCUT2D eigenvalue weighted by Gasteiger charge is 2.41. The molecule has 5 rings (SSSR count). The number of hydrogen-bond acceptors (Lipinski definition) is 7. The number of benzene rings is 2. The number of nitrogens with one attached hydrogen (secondary N) is 1. The van der Waals surface area contributed by atoms with E-state index in [0.717, 1.165) is 11.1 Å². The summed E-state index contributed by atoms with van der Waals surface area (Å²) >= 11 is 0. The lowest BCUT2D eigenvalue weighted by Gasteiger charge is -2.35. The number of halogens is 1. The topological polar surface area (TPSA) is 178 Å². The van der Waals surface area contributed by atoms with E-state index in [1.165, 1.54) is 20.7 Å². The van der Waals surface area contributed by atoms with Crippen LogP contribution >= 0.6 is 0 Å². The summed E-state index contributed by atoms with van der Waals surface area (Å²) in [5.74, 6) is -0.841. The van der Waals surface area contributed by atoms with E-state index in [2.05, 4.69) is 5.32 Å². The molecule has 0 atom stereocenters. The van der Waals surface area contributed by atoms with Crippen LogP contribution in [0.1, 0.15) is 25.7 Å². The summed E-state index contributed by atoms with van der Waals surface area (Å²) in [5.41, 5.74) is 2.23. The molecule has 3 fully saturated rings. The molecule has 3 aliphatic heterocycles. The fraction of sp³-hybridized carbons (Fsp3) is 0.500.